The molecule has 7 heteroatoms. The minimum absolute atomic E-state index is 0.102. The lowest BCUT2D eigenvalue weighted by atomic mass is 9.86. The number of ether oxygens (including phenoxy) is 2. The molecule has 0 aromatic heterocycles. The van der Waals surface area contributed by atoms with Gasteiger partial charge in [-0.2, -0.15) is 0 Å². The number of carbonyl (C=O) groups is 2. The van der Waals surface area contributed by atoms with Gasteiger partial charge in [0.25, 0.3) is 5.91 Å². The number of methoxy groups -OCH3 is 1. The van der Waals surface area contributed by atoms with E-state index in [0.717, 1.165) is 75.7 Å². The predicted molar refractivity (Wildman–Crippen MR) is 173 cm³/mol. The Morgan fingerprint density at radius 1 is 0.927 bits per heavy atom. The van der Waals surface area contributed by atoms with Crippen molar-refractivity contribution >= 4 is 40.1 Å². The summed E-state index contributed by atoms with van der Waals surface area (Å²) >= 11 is 2.27. The molecule has 222 valence electrons. The van der Waals surface area contributed by atoms with Crippen LogP contribution in [0.4, 0.5) is 5.69 Å². The van der Waals surface area contributed by atoms with Crippen LogP contribution in [0.5, 0.6) is 5.75 Å². The number of benzene rings is 2. The second kappa shape index (κ2) is 14.1. The van der Waals surface area contributed by atoms with Gasteiger partial charge in [-0.3, -0.25) is 14.5 Å². The molecule has 0 bridgehead atoms. The maximum Gasteiger partial charge on any atom is 0.257 e. The summed E-state index contributed by atoms with van der Waals surface area (Å²) in [5, 5.41) is 3.06. The molecule has 0 radical (unpaired) electrons. The molecule has 1 N–H and O–H groups in total. The zero-order valence-electron chi connectivity index (χ0n) is 25.3. The first-order valence-corrected chi connectivity index (χ1v) is 16.3. The van der Waals surface area contributed by atoms with Crippen LogP contribution in [0.2, 0.25) is 0 Å². The summed E-state index contributed by atoms with van der Waals surface area (Å²) in [6.45, 7) is 8.45. The molecule has 2 aromatic carbocycles. The number of halogens is 1. The van der Waals surface area contributed by atoms with Crippen molar-refractivity contribution in [2.45, 2.75) is 104 Å². The fourth-order valence-electron chi connectivity index (χ4n) is 5.95. The number of nitrogens with one attached hydrogen (secondary N) is 1. The third kappa shape index (κ3) is 6.60. The molecule has 2 amide bonds. The molecule has 0 aliphatic carbocycles. The Balaban J connectivity index is 1.94. The smallest absolute Gasteiger partial charge is 0.257 e. The average molecular weight is 673 g/mol. The van der Waals surface area contributed by atoms with Crippen LogP contribution >= 0.6 is 22.6 Å². The summed E-state index contributed by atoms with van der Waals surface area (Å²) in [6, 6.07) is 10.1. The zero-order valence-corrected chi connectivity index (χ0v) is 27.5. The number of allylic oxidation sites excluding steroid dienone is 1. The fraction of sp³-hybridized carbons (Fsp3) is 0.529. The highest BCUT2D eigenvalue weighted by Crippen LogP contribution is 2.51. The van der Waals surface area contributed by atoms with Crippen LogP contribution in [-0.4, -0.2) is 30.4 Å². The Morgan fingerprint density at radius 3 is 2.29 bits per heavy atom. The highest BCUT2D eigenvalue weighted by molar-refractivity contribution is 14.1. The zero-order chi connectivity index (χ0) is 29.6. The number of unbranched alkanes of at least 4 members (excludes halogenated alkanes) is 7. The lowest BCUT2D eigenvalue weighted by Crippen LogP contribution is -2.56. The molecule has 2 aromatic rings. The summed E-state index contributed by atoms with van der Waals surface area (Å²) in [7, 11) is 1.60. The topological polar surface area (TPSA) is 67.9 Å². The molecule has 1 unspecified atom stereocenters. The maximum atomic E-state index is 14.6. The van der Waals surface area contributed by atoms with E-state index in [0.29, 0.717) is 24.3 Å². The summed E-state index contributed by atoms with van der Waals surface area (Å²) < 4.78 is 13.9. The maximum absolute atomic E-state index is 14.6. The lowest BCUT2D eigenvalue weighted by molar-refractivity contribution is -0.165. The van der Waals surface area contributed by atoms with Gasteiger partial charge >= 0.3 is 0 Å². The molecular formula is C34H45IN2O4. The van der Waals surface area contributed by atoms with Crippen molar-refractivity contribution in [2.75, 3.05) is 19.0 Å². The summed E-state index contributed by atoms with van der Waals surface area (Å²) in [5.41, 5.74) is 3.80. The van der Waals surface area contributed by atoms with Gasteiger partial charge in [-0.05, 0) is 85.0 Å². The lowest BCUT2D eigenvalue weighted by Gasteiger charge is -2.47. The van der Waals surface area contributed by atoms with Gasteiger partial charge in [-0.1, -0.05) is 70.9 Å². The van der Waals surface area contributed by atoms with Crippen LogP contribution in [-0.2, 0) is 20.1 Å². The van der Waals surface area contributed by atoms with Gasteiger partial charge in [0.15, 0.2) is 0 Å². The first kappa shape index (κ1) is 31.4. The average Bonchev–Trinajstić information content (AvgIpc) is 3.07. The van der Waals surface area contributed by atoms with E-state index in [1.807, 2.05) is 18.2 Å². The van der Waals surface area contributed by atoms with Crippen LogP contribution in [0.1, 0.15) is 107 Å². The number of rotatable bonds is 13. The number of fused-ring (bicyclic) bond motifs is 3. The number of carbonyl (C=O) groups excluding carboxylic acids is 2. The molecule has 0 fully saturated rings. The van der Waals surface area contributed by atoms with E-state index in [9.17, 15) is 9.59 Å². The fourth-order valence-corrected chi connectivity index (χ4v) is 6.55. The molecule has 0 saturated heterocycles. The van der Waals surface area contributed by atoms with Crippen molar-refractivity contribution in [2.24, 2.45) is 0 Å². The van der Waals surface area contributed by atoms with Gasteiger partial charge in [0.1, 0.15) is 18.1 Å². The summed E-state index contributed by atoms with van der Waals surface area (Å²) in [4.78, 5) is 29.7. The minimum atomic E-state index is -1.30. The largest absolute Gasteiger partial charge is 0.495 e. The Hall–Kier alpha value is -2.55. The second-order valence-electron chi connectivity index (χ2n) is 11.4. The molecule has 6 nitrogen and oxygen atoms in total. The minimum Gasteiger partial charge on any atom is -0.495 e. The SMILES string of the molecule is CCCCCCCC1=C(CCCCCC)C(=O)N2CC(=O)Nc3c(OC)cc(I)cc3C2(c2ccc(C)c(C)c2)O1. The Labute approximate surface area is 259 Å². The van der Waals surface area contributed by atoms with Crippen LogP contribution in [0.15, 0.2) is 41.7 Å². The van der Waals surface area contributed by atoms with Crippen molar-refractivity contribution < 1.29 is 19.1 Å². The highest BCUT2D eigenvalue weighted by atomic mass is 127. The third-order valence-electron chi connectivity index (χ3n) is 8.39. The number of aryl methyl sites for hydroxylation is 2. The number of hydrogen-bond donors (Lipinski definition) is 1. The van der Waals surface area contributed by atoms with Crippen LogP contribution < -0.4 is 10.1 Å². The highest BCUT2D eigenvalue weighted by Gasteiger charge is 2.54. The quantitative estimate of drug-likeness (QED) is 0.171. The number of nitrogens with zero attached hydrogens (tertiary/aromatic N) is 1. The molecule has 2 heterocycles. The number of hydrogen-bond acceptors (Lipinski definition) is 4. The predicted octanol–water partition coefficient (Wildman–Crippen LogP) is 8.51. The van der Waals surface area contributed by atoms with Gasteiger partial charge in [0, 0.05) is 15.6 Å². The Morgan fingerprint density at radius 2 is 1.61 bits per heavy atom. The van der Waals surface area contributed by atoms with Gasteiger partial charge in [-0.25, -0.2) is 0 Å². The summed E-state index contributed by atoms with van der Waals surface area (Å²) in [5.74, 6) is 0.963. The van der Waals surface area contributed by atoms with Gasteiger partial charge in [-0.15, -0.1) is 0 Å². The van der Waals surface area contributed by atoms with Crippen molar-refractivity contribution in [1.82, 2.24) is 4.90 Å². The third-order valence-corrected chi connectivity index (χ3v) is 9.02. The molecule has 4 rings (SSSR count). The van der Waals surface area contributed by atoms with Gasteiger partial charge in [0.2, 0.25) is 11.6 Å². The molecule has 0 spiro atoms. The van der Waals surface area contributed by atoms with Crippen molar-refractivity contribution in [3.05, 3.63) is 67.5 Å². The molecule has 2 aliphatic heterocycles. The normalized spacial score (nSPS) is 18.4. The van der Waals surface area contributed by atoms with E-state index in [4.69, 9.17) is 9.47 Å². The second-order valence-corrected chi connectivity index (χ2v) is 12.6. The van der Waals surface area contributed by atoms with E-state index < -0.39 is 5.72 Å². The van der Waals surface area contributed by atoms with Crippen LogP contribution in [0, 0.1) is 17.4 Å². The standard InChI is InChI=1S/C34H45IN2O4/c1-6-8-10-12-14-16-29-27(15-13-11-9-7-2)33(39)37-22-31(38)36-32-28(20-26(35)21-30(32)40-5)34(37,41-29)25-18-17-23(3)24(4)19-25/h17-21H,6-16,22H2,1-5H3,(H,36,38). The van der Waals surface area contributed by atoms with Crippen molar-refractivity contribution in [3.8, 4) is 5.75 Å². The number of amides is 2. The molecule has 2 aliphatic rings. The van der Waals surface area contributed by atoms with E-state index in [2.05, 4.69) is 67.7 Å². The molecule has 41 heavy (non-hydrogen) atoms. The molecule has 0 saturated carbocycles. The van der Waals surface area contributed by atoms with E-state index in [-0.39, 0.29) is 18.4 Å². The first-order chi connectivity index (χ1) is 19.8. The monoisotopic (exact) mass is 672 g/mol. The van der Waals surface area contributed by atoms with Gasteiger partial charge < -0.3 is 14.8 Å². The van der Waals surface area contributed by atoms with Crippen LogP contribution in [0.3, 0.4) is 0 Å². The van der Waals surface area contributed by atoms with E-state index in [1.54, 1.807) is 12.0 Å². The summed E-state index contributed by atoms with van der Waals surface area (Å²) in [6.07, 6.45) is 11.3. The number of anilines is 1. The van der Waals surface area contributed by atoms with E-state index in [1.165, 1.54) is 19.3 Å². The molecular weight excluding hydrogens is 627 g/mol. The van der Waals surface area contributed by atoms with Crippen LogP contribution in [0.25, 0.3) is 0 Å². The van der Waals surface area contributed by atoms with Gasteiger partial charge in [0.05, 0.1) is 23.9 Å². The molecule has 1 atom stereocenters. The van der Waals surface area contributed by atoms with Crippen molar-refractivity contribution in [1.29, 1.82) is 0 Å². The van der Waals surface area contributed by atoms with Crippen molar-refractivity contribution in [3.63, 3.8) is 0 Å². The Kier molecular flexibility index (Phi) is 10.8. The first-order valence-electron chi connectivity index (χ1n) is 15.2. The van der Waals surface area contributed by atoms with E-state index >= 15 is 0 Å². The Bertz CT molecular complexity index is 1300.